The lowest BCUT2D eigenvalue weighted by atomic mass is 9.63. The van der Waals surface area contributed by atoms with Crippen molar-refractivity contribution in [2.45, 2.75) is 24.2 Å². The maximum atomic E-state index is 12.8. The minimum Gasteiger partial charge on any atom is -0.207 e. The molecule has 1 aliphatic rings. The molecule has 2 rings (SSSR count). The molecule has 0 saturated heterocycles. The van der Waals surface area contributed by atoms with E-state index in [1.54, 1.807) is 0 Å². The number of hydrogen-bond acceptors (Lipinski definition) is 1. The smallest absolute Gasteiger partial charge is 0.207 e. The Balaban J connectivity index is 2.31. The second kappa shape index (κ2) is 2.99. The van der Waals surface area contributed by atoms with Crippen molar-refractivity contribution < 1.29 is 13.2 Å². The number of nitrogens with zero attached hydrogens (tertiary/aromatic N) is 1. The van der Waals surface area contributed by atoms with Gasteiger partial charge in [-0.1, -0.05) is 12.1 Å². The van der Waals surface area contributed by atoms with E-state index in [1.807, 2.05) is 6.07 Å². The summed E-state index contributed by atoms with van der Waals surface area (Å²) >= 11 is 0. The molecule has 1 fully saturated rings. The SMILES string of the molecule is N#CC1(c2ccc(F)cc2)CC(F)(F)C1. The summed E-state index contributed by atoms with van der Waals surface area (Å²) in [5.41, 5.74) is -0.658. The maximum absolute atomic E-state index is 12.8. The van der Waals surface area contributed by atoms with E-state index in [1.165, 1.54) is 24.3 Å². The molecule has 0 aliphatic heterocycles. The number of benzene rings is 1. The van der Waals surface area contributed by atoms with Crippen molar-refractivity contribution in [3.05, 3.63) is 35.6 Å². The lowest BCUT2D eigenvalue weighted by molar-refractivity contribution is -0.109. The third kappa shape index (κ3) is 1.58. The molecule has 0 spiro atoms. The molecule has 4 heteroatoms. The fourth-order valence-electron chi connectivity index (χ4n) is 1.95. The average Bonchev–Trinajstić information content (AvgIpc) is 2.14. The Morgan fingerprint density at radius 1 is 1.13 bits per heavy atom. The van der Waals surface area contributed by atoms with Crippen LogP contribution in [0.15, 0.2) is 24.3 Å². The van der Waals surface area contributed by atoms with Gasteiger partial charge in [0.1, 0.15) is 5.82 Å². The molecular formula is C11H8F3N. The predicted molar refractivity (Wildman–Crippen MR) is 47.9 cm³/mol. The summed E-state index contributed by atoms with van der Waals surface area (Å²) in [6.45, 7) is 0. The van der Waals surface area contributed by atoms with Crippen LogP contribution in [0.3, 0.4) is 0 Å². The van der Waals surface area contributed by atoms with E-state index in [0.29, 0.717) is 5.56 Å². The second-order valence-electron chi connectivity index (χ2n) is 3.91. The molecule has 0 aromatic heterocycles. The summed E-state index contributed by atoms with van der Waals surface area (Å²) in [5, 5.41) is 8.91. The van der Waals surface area contributed by atoms with Crippen LogP contribution in [0, 0.1) is 17.1 Å². The van der Waals surface area contributed by atoms with Crippen molar-refractivity contribution in [1.82, 2.24) is 0 Å². The Hall–Kier alpha value is -1.50. The van der Waals surface area contributed by atoms with Crippen LogP contribution in [-0.2, 0) is 5.41 Å². The molecule has 1 aromatic carbocycles. The molecule has 0 N–H and O–H groups in total. The van der Waals surface area contributed by atoms with Crippen LogP contribution in [-0.4, -0.2) is 5.92 Å². The summed E-state index contributed by atoms with van der Waals surface area (Å²) in [6, 6.07) is 7.07. The maximum Gasteiger partial charge on any atom is 0.251 e. The van der Waals surface area contributed by atoms with E-state index in [2.05, 4.69) is 0 Å². The van der Waals surface area contributed by atoms with Gasteiger partial charge in [-0.2, -0.15) is 5.26 Å². The molecule has 0 bridgehead atoms. The normalized spacial score (nSPS) is 21.5. The highest BCUT2D eigenvalue weighted by Crippen LogP contribution is 2.52. The van der Waals surface area contributed by atoms with Crippen LogP contribution >= 0.6 is 0 Å². The molecule has 0 amide bonds. The van der Waals surface area contributed by atoms with E-state index in [4.69, 9.17) is 5.26 Å². The minimum absolute atomic E-state index is 0.432. The molecule has 15 heavy (non-hydrogen) atoms. The van der Waals surface area contributed by atoms with E-state index in [0.717, 1.165) is 0 Å². The van der Waals surface area contributed by atoms with Crippen molar-refractivity contribution in [2.24, 2.45) is 0 Å². The van der Waals surface area contributed by atoms with Gasteiger partial charge in [-0.25, -0.2) is 13.2 Å². The van der Waals surface area contributed by atoms with Gasteiger partial charge >= 0.3 is 0 Å². The first-order valence-electron chi connectivity index (χ1n) is 4.53. The zero-order valence-corrected chi connectivity index (χ0v) is 7.80. The van der Waals surface area contributed by atoms with E-state index >= 15 is 0 Å². The quantitative estimate of drug-likeness (QED) is 0.700. The summed E-state index contributed by atoms with van der Waals surface area (Å²) in [5.74, 6) is -3.19. The van der Waals surface area contributed by atoms with Crippen LogP contribution in [0.25, 0.3) is 0 Å². The van der Waals surface area contributed by atoms with Crippen molar-refractivity contribution in [3.8, 4) is 6.07 Å². The lowest BCUT2D eigenvalue weighted by Crippen LogP contribution is -2.48. The van der Waals surface area contributed by atoms with E-state index < -0.39 is 30.0 Å². The Labute approximate surface area is 85.1 Å². The zero-order chi connectivity index (χ0) is 11.1. The summed E-state index contributed by atoms with van der Waals surface area (Å²) < 4.78 is 38.1. The first-order chi connectivity index (χ1) is 6.97. The number of nitriles is 1. The van der Waals surface area contributed by atoms with E-state index in [9.17, 15) is 13.2 Å². The first kappa shape index (κ1) is 10.0. The van der Waals surface area contributed by atoms with Crippen LogP contribution < -0.4 is 0 Å². The Morgan fingerprint density at radius 3 is 2.07 bits per heavy atom. The molecule has 0 unspecified atom stereocenters. The fraction of sp³-hybridized carbons (Fsp3) is 0.364. The molecule has 78 valence electrons. The fourth-order valence-corrected chi connectivity index (χ4v) is 1.95. The zero-order valence-electron chi connectivity index (χ0n) is 7.80. The van der Waals surface area contributed by atoms with Gasteiger partial charge in [-0.05, 0) is 17.7 Å². The van der Waals surface area contributed by atoms with Crippen LogP contribution in [0.5, 0.6) is 0 Å². The number of rotatable bonds is 1. The van der Waals surface area contributed by atoms with Gasteiger partial charge in [0, 0.05) is 12.8 Å². The van der Waals surface area contributed by atoms with Crippen LogP contribution in [0.2, 0.25) is 0 Å². The Morgan fingerprint density at radius 2 is 1.67 bits per heavy atom. The second-order valence-corrected chi connectivity index (χ2v) is 3.91. The Bertz CT molecular complexity index is 408. The third-order valence-electron chi connectivity index (χ3n) is 2.73. The first-order valence-corrected chi connectivity index (χ1v) is 4.53. The highest BCUT2D eigenvalue weighted by Gasteiger charge is 2.57. The van der Waals surface area contributed by atoms with Crippen molar-refractivity contribution in [3.63, 3.8) is 0 Å². The van der Waals surface area contributed by atoms with Gasteiger partial charge in [0.05, 0.1) is 11.5 Å². The molecule has 0 heterocycles. The van der Waals surface area contributed by atoms with Crippen LogP contribution in [0.1, 0.15) is 18.4 Å². The third-order valence-corrected chi connectivity index (χ3v) is 2.73. The standard InChI is InChI=1S/C11H8F3N/c12-9-3-1-8(2-4-9)10(7-15)5-11(13,14)6-10/h1-4H,5-6H2. The molecular weight excluding hydrogens is 203 g/mol. The highest BCUT2D eigenvalue weighted by atomic mass is 19.3. The van der Waals surface area contributed by atoms with Gasteiger partial charge in [0.25, 0.3) is 5.92 Å². The van der Waals surface area contributed by atoms with E-state index in [-0.39, 0.29) is 0 Å². The monoisotopic (exact) mass is 211 g/mol. The molecule has 0 radical (unpaired) electrons. The summed E-state index contributed by atoms with van der Waals surface area (Å²) in [7, 11) is 0. The van der Waals surface area contributed by atoms with Gasteiger partial charge in [-0.15, -0.1) is 0 Å². The topological polar surface area (TPSA) is 23.8 Å². The predicted octanol–water partition coefficient (Wildman–Crippen LogP) is 3.02. The molecule has 1 aliphatic carbocycles. The molecule has 1 saturated carbocycles. The lowest BCUT2D eigenvalue weighted by Gasteiger charge is -2.42. The molecule has 1 aromatic rings. The van der Waals surface area contributed by atoms with Crippen LogP contribution in [0.4, 0.5) is 13.2 Å². The molecule has 1 nitrogen and oxygen atoms in total. The minimum atomic E-state index is -2.76. The summed E-state index contributed by atoms with van der Waals surface area (Å²) in [6.07, 6.45) is -0.940. The van der Waals surface area contributed by atoms with Gasteiger partial charge in [0.15, 0.2) is 0 Å². The van der Waals surface area contributed by atoms with Crippen molar-refractivity contribution in [1.29, 1.82) is 5.26 Å². The highest BCUT2D eigenvalue weighted by molar-refractivity contribution is 5.37. The van der Waals surface area contributed by atoms with Crippen molar-refractivity contribution in [2.75, 3.05) is 0 Å². The largest absolute Gasteiger partial charge is 0.251 e. The number of hydrogen-bond donors (Lipinski definition) is 0. The Kier molecular flexibility index (Phi) is 2.00. The summed E-state index contributed by atoms with van der Waals surface area (Å²) in [4.78, 5) is 0. The van der Waals surface area contributed by atoms with Gasteiger partial charge < -0.3 is 0 Å². The van der Waals surface area contributed by atoms with Gasteiger partial charge in [0.2, 0.25) is 0 Å². The van der Waals surface area contributed by atoms with Gasteiger partial charge in [-0.3, -0.25) is 0 Å². The van der Waals surface area contributed by atoms with Crippen molar-refractivity contribution >= 4 is 0 Å². The average molecular weight is 211 g/mol. The molecule has 0 atom stereocenters. The number of alkyl halides is 2. The number of halogens is 3.